The predicted octanol–water partition coefficient (Wildman–Crippen LogP) is 1.54. The third-order valence-electron chi connectivity index (χ3n) is 2.24. The number of nitrogens with zero attached hydrogens (tertiary/aromatic N) is 2. The van der Waals surface area contributed by atoms with Crippen LogP contribution in [-0.4, -0.2) is 16.0 Å². The van der Waals surface area contributed by atoms with Crippen molar-refractivity contribution in [2.75, 3.05) is 5.73 Å². The molecule has 94 valence electrons. The standard InChI is InChI=1S/C11H11ClN4O2/c1-6-15-10(16-18-6)5-14-11(17)7-2-3-9(13)8(12)4-7/h2-4H,5,13H2,1H3,(H,14,17). The number of nitrogen functional groups attached to an aromatic ring is 1. The fraction of sp³-hybridized carbons (Fsp3) is 0.182. The largest absolute Gasteiger partial charge is 0.398 e. The van der Waals surface area contributed by atoms with Gasteiger partial charge in [-0.3, -0.25) is 4.79 Å². The lowest BCUT2D eigenvalue weighted by Gasteiger charge is -2.04. The monoisotopic (exact) mass is 266 g/mol. The number of anilines is 1. The third-order valence-corrected chi connectivity index (χ3v) is 2.57. The summed E-state index contributed by atoms with van der Waals surface area (Å²) < 4.78 is 4.79. The molecule has 0 aliphatic rings. The first kappa shape index (κ1) is 12.4. The van der Waals surface area contributed by atoms with Crippen LogP contribution < -0.4 is 11.1 Å². The Balaban J connectivity index is 2.01. The molecule has 1 aromatic heterocycles. The van der Waals surface area contributed by atoms with Crippen LogP contribution in [0.1, 0.15) is 22.1 Å². The summed E-state index contributed by atoms with van der Waals surface area (Å²) in [5.74, 6) is 0.594. The Morgan fingerprint density at radius 1 is 1.56 bits per heavy atom. The molecule has 1 heterocycles. The van der Waals surface area contributed by atoms with E-state index >= 15 is 0 Å². The van der Waals surface area contributed by atoms with E-state index in [-0.39, 0.29) is 12.5 Å². The highest BCUT2D eigenvalue weighted by Gasteiger charge is 2.09. The molecule has 6 nitrogen and oxygen atoms in total. The molecule has 0 bridgehead atoms. The Morgan fingerprint density at radius 3 is 2.94 bits per heavy atom. The van der Waals surface area contributed by atoms with Gasteiger partial charge < -0.3 is 15.6 Å². The lowest BCUT2D eigenvalue weighted by molar-refractivity contribution is 0.0949. The summed E-state index contributed by atoms with van der Waals surface area (Å²) in [7, 11) is 0. The number of aromatic nitrogens is 2. The van der Waals surface area contributed by atoms with E-state index in [0.29, 0.717) is 28.0 Å². The number of amides is 1. The molecule has 0 fully saturated rings. The van der Waals surface area contributed by atoms with Crippen LogP contribution in [0.2, 0.25) is 5.02 Å². The summed E-state index contributed by atoms with van der Waals surface area (Å²) in [6, 6.07) is 4.68. The van der Waals surface area contributed by atoms with Crippen LogP contribution >= 0.6 is 11.6 Å². The number of aryl methyl sites for hydroxylation is 1. The topological polar surface area (TPSA) is 94.0 Å². The smallest absolute Gasteiger partial charge is 0.251 e. The summed E-state index contributed by atoms with van der Waals surface area (Å²) in [6.07, 6.45) is 0. The van der Waals surface area contributed by atoms with E-state index in [1.165, 1.54) is 6.07 Å². The minimum atomic E-state index is -0.278. The molecule has 0 saturated carbocycles. The van der Waals surface area contributed by atoms with Gasteiger partial charge >= 0.3 is 0 Å². The zero-order chi connectivity index (χ0) is 13.1. The first-order valence-electron chi connectivity index (χ1n) is 5.18. The fourth-order valence-corrected chi connectivity index (χ4v) is 1.52. The number of benzene rings is 1. The van der Waals surface area contributed by atoms with Gasteiger partial charge in [-0.2, -0.15) is 4.98 Å². The second kappa shape index (κ2) is 5.05. The molecule has 0 aliphatic carbocycles. The SMILES string of the molecule is Cc1nc(CNC(=O)c2ccc(N)c(Cl)c2)no1. The zero-order valence-electron chi connectivity index (χ0n) is 9.61. The normalized spacial score (nSPS) is 10.3. The Kier molecular flexibility index (Phi) is 3.47. The van der Waals surface area contributed by atoms with Crippen molar-refractivity contribution in [1.82, 2.24) is 15.5 Å². The lowest BCUT2D eigenvalue weighted by atomic mass is 10.2. The maximum absolute atomic E-state index is 11.8. The maximum Gasteiger partial charge on any atom is 0.251 e. The van der Waals surface area contributed by atoms with E-state index in [4.69, 9.17) is 21.9 Å². The highest BCUT2D eigenvalue weighted by Crippen LogP contribution is 2.19. The van der Waals surface area contributed by atoms with Crippen LogP contribution in [0.25, 0.3) is 0 Å². The minimum Gasteiger partial charge on any atom is -0.398 e. The van der Waals surface area contributed by atoms with Crippen molar-refractivity contribution in [2.24, 2.45) is 0 Å². The van der Waals surface area contributed by atoms with Crippen LogP contribution in [0.5, 0.6) is 0 Å². The quantitative estimate of drug-likeness (QED) is 0.822. The molecule has 0 saturated heterocycles. The van der Waals surface area contributed by atoms with Crippen molar-refractivity contribution in [3.05, 3.63) is 40.5 Å². The molecule has 0 spiro atoms. The van der Waals surface area contributed by atoms with Crippen molar-refractivity contribution in [1.29, 1.82) is 0 Å². The molecular formula is C11H11ClN4O2. The van der Waals surface area contributed by atoms with Gasteiger partial charge in [0.1, 0.15) is 0 Å². The van der Waals surface area contributed by atoms with Crippen LogP contribution in [0, 0.1) is 6.92 Å². The van der Waals surface area contributed by atoms with Gasteiger partial charge in [-0.25, -0.2) is 0 Å². The van der Waals surface area contributed by atoms with E-state index in [9.17, 15) is 4.79 Å². The number of nitrogens with one attached hydrogen (secondary N) is 1. The van der Waals surface area contributed by atoms with Gasteiger partial charge in [0, 0.05) is 12.5 Å². The average Bonchev–Trinajstić information content (AvgIpc) is 2.75. The molecule has 1 aromatic carbocycles. The van der Waals surface area contributed by atoms with Gasteiger partial charge in [-0.05, 0) is 18.2 Å². The van der Waals surface area contributed by atoms with E-state index < -0.39 is 0 Å². The Labute approximate surface area is 108 Å². The van der Waals surface area contributed by atoms with Gasteiger partial charge in [0.25, 0.3) is 5.91 Å². The molecule has 18 heavy (non-hydrogen) atoms. The second-order valence-corrected chi connectivity index (χ2v) is 4.06. The van der Waals surface area contributed by atoms with Crippen molar-refractivity contribution in [2.45, 2.75) is 13.5 Å². The number of nitrogens with two attached hydrogens (primary N) is 1. The lowest BCUT2D eigenvalue weighted by Crippen LogP contribution is -2.23. The van der Waals surface area contributed by atoms with Gasteiger partial charge in [-0.1, -0.05) is 16.8 Å². The van der Waals surface area contributed by atoms with Gasteiger partial charge in [0.2, 0.25) is 5.89 Å². The Hall–Kier alpha value is -2.08. The summed E-state index contributed by atoms with van der Waals surface area (Å²) in [5, 5.41) is 6.66. The van der Waals surface area contributed by atoms with Crippen molar-refractivity contribution in [3.63, 3.8) is 0 Å². The number of rotatable bonds is 3. The highest BCUT2D eigenvalue weighted by molar-refractivity contribution is 6.33. The van der Waals surface area contributed by atoms with E-state index in [1.54, 1.807) is 19.1 Å². The van der Waals surface area contributed by atoms with Crippen LogP contribution in [0.4, 0.5) is 5.69 Å². The van der Waals surface area contributed by atoms with E-state index in [1.807, 2.05) is 0 Å². The van der Waals surface area contributed by atoms with Crippen molar-refractivity contribution >= 4 is 23.2 Å². The molecule has 3 N–H and O–H groups in total. The summed E-state index contributed by atoms with van der Waals surface area (Å²) in [4.78, 5) is 15.8. The van der Waals surface area contributed by atoms with Crippen molar-refractivity contribution < 1.29 is 9.32 Å². The first-order valence-corrected chi connectivity index (χ1v) is 5.56. The molecule has 2 aromatic rings. The number of hydrogen-bond acceptors (Lipinski definition) is 5. The number of carbonyl (C=O) groups is 1. The summed E-state index contributed by atoms with van der Waals surface area (Å²) in [6.45, 7) is 1.87. The molecular weight excluding hydrogens is 256 g/mol. The van der Waals surface area contributed by atoms with Crippen LogP contribution in [-0.2, 0) is 6.54 Å². The minimum absolute atomic E-state index is 0.193. The molecule has 0 atom stereocenters. The number of hydrogen-bond donors (Lipinski definition) is 2. The highest BCUT2D eigenvalue weighted by atomic mass is 35.5. The zero-order valence-corrected chi connectivity index (χ0v) is 10.4. The number of carbonyl (C=O) groups excluding carboxylic acids is 1. The van der Waals surface area contributed by atoms with Crippen LogP contribution in [0.15, 0.2) is 22.7 Å². The predicted molar refractivity (Wildman–Crippen MR) is 66.1 cm³/mol. The molecule has 2 rings (SSSR count). The van der Waals surface area contributed by atoms with E-state index in [2.05, 4.69) is 15.5 Å². The van der Waals surface area contributed by atoms with Crippen molar-refractivity contribution in [3.8, 4) is 0 Å². The fourth-order valence-electron chi connectivity index (χ4n) is 1.34. The summed E-state index contributed by atoms with van der Waals surface area (Å²) >= 11 is 5.83. The maximum atomic E-state index is 11.8. The Morgan fingerprint density at radius 2 is 2.33 bits per heavy atom. The average molecular weight is 267 g/mol. The second-order valence-electron chi connectivity index (χ2n) is 3.65. The van der Waals surface area contributed by atoms with Crippen LogP contribution in [0.3, 0.4) is 0 Å². The Bertz CT molecular complexity index is 582. The summed E-state index contributed by atoms with van der Waals surface area (Å²) in [5.41, 5.74) is 6.42. The third kappa shape index (κ3) is 2.78. The number of halogens is 1. The molecule has 1 amide bonds. The molecule has 0 aliphatic heterocycles. The molecule has 7 heteroatoms. The van der Waals surface area contributed by atoms with E-state index in [0.717, 1.165) is 0 Å². The molecule has 0 radical (unpaired) electrons. The first-order chi connectivity index (χ1) is 8.56. The van der Waals surface area contributed by atoms with Gasteiger partial charge in [-0.15, -0.1) is 0 Å². The van der Waals surface area contributed by atoms with Gasteiger partial charge in [0.15, 0.2) is 5.82 Å². The van der Waals surface area contributed by atoms with Gasteiger partial charge in [0.05, 0.1) is 17.3 Å². The molecule has 0 unspecified atom stereocenters.